The summed E-state index contributed by atoms with van der Waals surface area (Å²) >= 11 is 8.45. The van der Waals surface area contributed by atoms with Crippen LogP contribution in [0.15, 0.2) is 45.7 Å². The molecule has 1 atom stereocenters. The maximum absolute atomic E-state index is 12.3. The van der Waals surface area contributed by atoms with Crippen LogP contribution in [-0.4, -0.2) is 20.7 Å². The number of halogens is 1. The summed E-state index contributed by atoms with van der Waals surface area (Å²) in [6, 6.07) is 8.71. The van der Waals surface area contributed by atoms with Crippen molar-refractivity contribution in [3.8, 4) is 0 Å². The number of hydrogen-bond acceptors (Lipinski definition) is 5. The molecule has 1 amide bonds. The van der Waals surface area contributed by atoms with Gasteiger partial charge in [-0.3, -0.25) is 14.2 Å². The lowest BCUT2D eigenvalue weighted by atomic mass is 10.3. The molecule has 2 heterocycles. The van der Waals surface area contributed by atoms with Gasteiger partial charge in [-0.1, -0.05) is 23.4 Å². The second-order valence-corrected chi connectivity index (χ2v) is 7.81. The quantitative estimate of drug-likeness (QED) is 0.553. The van der Waals surface area contributed by atoms with Gasteiger partial charge in [-0.05, 0) is 42.6 Å². The van der Waals surface area contributed by atoms with Crippen molar-refractivity contribution in [2.45, 2.75) is 17.3 Å². The number of fused-ring (bicyclic) bond motifs is 1. The van der Waals surface area contributed by atoms with E-state index in [1.807, 2.05) is 11.4 Å². The Morgan fingerprint density at radius 1 is 1.33 bits per heavy atom. The third-order valence-corrected chi connectivity index (χ3v) is 5.70. The molecule has 2 aromatic heterocycles. The minimum Gasteiger partial charge on any atom is -0.325 e. The Labute approximate surface area is 151 Å². The van der Waals surface area contributed by atoms with E-state index in [9.17, 15) is 9.59 Å². The van der Waals surface area contributed by atoms with Crippen molar-refractivity contribution in [1.29, 1.82) is 0 Å². The molecule has 124 valence electrons. The Bertz CT molecular complexity index is 950. The van der Waals surface area contributed by atoms with Crippen LogP contribution in [0.25, 0.3) is 10.2 Å². The van der Waals surface area contributed by atoms with E-state index in [1.165, 1.54) is 27.7 Å². The highest BCUT2D eigenvalue weighted by atomic mass is 35.5. The van der Waals surface area contributed by atoms with Gasteiger partial charge >= 0.3 is 0 Å². The fourth-order valence-corrected chi connectivity index (χ4v) is 3.87. The number of carbonyl (C=O) groups excluding carboxylic acids is 1. The van der Waals surface area contributed by atoms with Crippen molar-refractivity contribution in [3.05, 3.63) is 51.1 Å². The SMILES string of the molecule is CC(Sc1nc2ccsc2c(=O)n1C)C(=O)Nc1ccc(Cl)cc1. The second kappa shape index (κ2) is 6.96. The number of amides is 1. The Balaban J connectivity index is 1.77. The molecular weight excluding hydrogens is 366 g/mol. The maximum atomic E-state index is 12.3. The molecule has 0 saturated carbocycles. The minimum atomic E-state index is -0.408. The number of rotatable bonds is 4. The molecule has 0 aliphatic heterocycles. The lowest BCUT2D eigenvalue weighted by Crippen LogP contribution is -2.25. The number of nitrogens with one attached hydrogen (secondary N) is 1. The molecule has 0 fully saturated rings. The number of hydrogen-bond donors (Lipinski definition) is 1. The zero-order valence-electron chi connectivity index (χ0n) is 12.9. The lowest BCUT2D eigenvalue weighted by Gasteiger charge is -2.13. The van der Waals surface area contributed by atoms with E-state index in [4.69, 9.17) is 11.6 Å². The number of benzene rings is 1. The Morgan fingerprint density at radius 3 is 2.75 bits per heavy atom. The van der Waals surface area contributed by atoms with Gasteiger partial charge in [0, 0.05) is 17.8 Å². The van der Waals surface area contributed by atoms with Crippen LogP contribution in [0.1, 0.15) is 6.92 Å². The fourth-order valence-electron chi connectivity index (χ4n) is 2.06. The first-order valence-electron chi connectivity index (χ1n) is 7.13. The normalized spacial score (nSPS) is 12.3. The first kappa shape index (κ1) is 17.0. The van der Waals surface area contributed by atoms with Crippen LogP contribution in [-0.2, 0) is 11.8 Å². The van der Waals surface area contributed by atoms with Crippen LogP contribution in [0.3, 0.4) is 0 Å². The standard InChI is InChI=1S/C16H14ClN3O2S2/c1-9(14(21)18-11-5-3-10(17)4-6-11)24-16-19-12-7-8-23-13(12)15(22)20(16)2/h3-9H,1-2H3,(H,18,21). The van der Waals surface area contributed by atoms with Gasteiger partial charge in [-0.2, -0.15) is 0 Å². The van der Waals surface area contributed by atoms with Gasteiger partial charge in [-0.15, -0.1) is 11.3 Å². The lowest BCUT2D eigenvalue weighted by molar-refractivity contribution is -0.115. The van der Waals surface area contributed by atoms with Crippen LogP contribution in [0.2, 0.25) is 5.02 Å². The van der Waals surface area contributed by atoms with Gasteiger partial charge in [0.15, 0.2) is 5.16 Å². The molecule has 24 heavy (non-hydrogen) atoms. The third-order valence-electron chi connectivity index (χ3n) is 3.41. The number of anilines is 1. The van der Waals surface area contributed by atoms with Gasteiger partial charge in [0.05, 0.1) is 10.8 Å². The number of aromatic nitrogens is 2. The molecule has 1 unspecified atom stereocenters. The third kappa shape index (κ3) is 3.48. The zero-order valence-corrected chi connectivity index (χ0v) is 15.3. The van der Waals surface area contributed by atoms with Gasteiger partial charge in [0.1, 0.15) is 4.70 Å². The monoisotopic (exact) mass is 379 g/mol. The number of carbonyl (C=O) groups is 1. The smallest absolute Gasteiger partial charge is 0.271 e. The highest BCUT2D eigenvalue weighted by Gasteiger charge is 2.18. The van der Waals surface area contributed by atoms with Crippen molar-refractivity contribution in [2.24, 2.45) is 7.05 Å². The van der Waals surface area contributed by atoms with E-state index in [0.29, 0.717) is 26.1 Å². The summed E-state index contributed by atoms with van der Waals surface area (Å²) in [6.07, 6.45) is 0. The number of thiophene rings is 1. The summed E-state index contributed by atoms with van der Waals surface area (Å²) in [5.74, 6) is -0.165. The van der Waals surface area contributed by atoms with Gasteiger partial charge < -0.3 is 5.32 Å². The van der Waals surface area contributed by atoms with Crippen LogP contribution in [0, 0.1) is 0 Å². The van der Waals surface area contributed by atoms with Crippen LogP contribution < -0.4 is 10.9 Å². The van der Waals surface area contributed by atoms with E-state index in [2.05, 4.69) is 10.3 Å². The molecule has 0 saturated heterocycles. The van der Waals surface area contributed by atoms with Crippen molar-refractivity contribution >= 4 is 56.5 Å². The van der Waals surface area contributed by atoms with E-state index in [0.717, 1.165) is 0 Å². The Morgan fingerprint density at radius 2 is 2.04 bits per heavy atom. The fraction of sp³-hybridized carbons (Fsp3) is 0.188. The van der Waals surface area contributed by atoms with E-state index in [-0.39, 0.29) is 11.5 Å². The van der Waals surface area contributed by atoms with Crippen molar-refractivity contribution in [3.63, 3.8) is 0 Å². The molecule has 0 radical (unpaired) electrons. The minimum absolute atomic E-state index is 0.0946. The number of nitrogens with zero attached hydrogens (tertiary/aromatic N) is 2. The molecule has 3 rings (SSSR count). The first-order valence-corrected chi connectivity index (χ1v) is 9.27. The van der Waals surface area contributed by atoms with Crippen LogP contribution in [0.5, 0.6) is 0 Å². The first-order chi connectivity index (χ1) is 11.5. The molecule has 3 aromatic rings. The topological polar surface area (TPSA) is 64.0 Å². The molecule has 5 nitrogen and oxygen atoms in total. The molecule has 0 bridgehead atoms. The zero-order chi connectivity index (χ0) is 17.3. The van der Waals surface area contributed by atoms with Gasteiger partial charge in [0.2, 0.25) is 5.91 Å². The maximum Gasteiger partial charge on any atom is 0.271 e. The summed E-state index contributed by atoms with van der Waals surface area (Å²) in [6.45, 7) is 1.78. The summed E-state index contributed by atoms with van der Waals surface area (Å²) in [5.41, 5.74) is 1.24. The van der Waals surface area contributed by atoms with E-state index in [1.54, 1.807) is 38.2 Å². The molecule has 0 spiro atoms. The van der Waals surface area contributed by atoms with Crippen molar-refractivity contribution in [2.75, 3.05) is 5.32 Å². The van der Waals surface area contributed by atoms with Crippen molar-refractivity contribution in [1.82, 2.24) is 9.55 Å². The summed E-state index contributed by atoms with van der Waals surface area (Å²) in [5, 5.41) is 5.38. The predicted octanol–water partition coefficient (Wildman–Crippen LogP) is 3.77. The molecule has 8 heteroatoms. The predicted molar refractivity (Wildman–Crippen MR) is 100 cm³/mol. The average molecular weight is 380 g/mol. The largest absolute Gasteiger partial charge is 0.325 e. The second-order valence-electron chi connectivity index (χ2n) is 5.15. The van der Waals surface area contributed by atoms with Gasteiger partial charge in [0.25, 0.3) is 5.56 Å². The molecule has 1 aromatic carbocycles. The summed E-state index contributed by atoms with van der Waals surface area (Å²) in [4.78, 5) is 29.1. The van der Waals surface area contributed by atoms with Crippen molar-refractivity contribution < 1.29 is 4.79 Å². The highest BCUT2D eigenvalue weighted by Crippen LogP contribution is 2.24. The Kier molecular flexibility index (Phi) is 4.93. The highest BCUT2D eigenvalue weighted by molar-refractivity contribution is 8.00. The van der Waals surface area contributed by atoms with Crippen LogP contribution in [0.4, 0.5) is 5.69 Å². The summed E-state index contributed by atoms with van der Waals surface area (Å²) < 4.78 is 2.11. The number of thioether (sulfide) groups is 1. The van der Waals surface area contributed by atoms with Crippen LogP contribution >= 0.6 is 34.7 Å². The van der Waals surface area contributed by atoms with E-state index >= 15 is 0 Å². The molecule has 0 aliphatic carbocycles. The Hall–Kier alpha value is -1.83. The molecule has 1 N–H and O–H groups in total. The molecular formula is C16H14ClN3O2S2. The summed E-state index contributed by atoms with van der Waals surface area (Å²) in [7, 11) is 1.67. The van der Waals surface area contributed by atoms with E-state index < -0.39 is 5.25 Å². The molecule has 0 aliphatic rings. The van der Waals surface area contributed by atoms with Gasteiger partial charge in [-0.25, -0.2) is 4.98 Å². The average Bonchev–Trinajstić information content (AvgIpc) is 3.03.